The first-order chi connectivity index (χ1) is 32.6. The number of hydrogen-bond donors (Lipinski definition) is 0. The van der Waals surface area contributed by atoms with Crippen LogP contribution in [0.5, 0.6) is 11.5 Å². The Morgan fingerprint density at radius 1 is 0.603 bits per heavy atom. The molecule has 0 radical (unpaired) electrons. The predicted octanol–water partition coefficient (Wildman–Crippen LogP) is 10.9. The minimum Gasteiger partial charge on any atom is -0.492 e. The maximum absolute atomic E-state index is 15.3. The van der Waals surface area contributed by atoms with E-state index in [-0.39, 0.29) is 34.1 Å². The van der Waals surface area contributed by atoms with Gasteiger partial charge in [0, 0.05) is 41.3 Å². The molecule has 1 aliphatic heterocycles. The molecule has 2 heterocycles. The van der Waals surface area contributed by atoms with Gasteiger partial charge in [-0.25, -0.2) is 12.4 Å². The Morgan fingerprint density at radius 2 is 1.06 bits per heavy atom. The molecule has 348 valence electrons. The summed E-state index contributed by atoms with van der Waals surface area (Å²) in [5.74, 6) is 0.791. The summed E-state index contributed by atoms with van der Waals surface area (Å²) in [5.41, 5.74) is 3.98. The first kappa shape index (κ1) is 47.1. The monoisotopic (exact) mass is 955 g/mol. The highest BCUT2D eigenvalue weighted by Crippen LogP contribution is 2.49. The number of fused-ring (bicyclic) bond motifs is 3. The van der Waals surface area contributed by atoms with Crippen LogP contribution in [0.15, 0.2) is 193 Å². The molecule has 1 aromatic heterocycles. The van der Waals surface area contributed by atoms with Crippen LogP contribution in [0.2, 0.25) is 10.1 Å². The molecule has 0 saturated heterocycles. The van der Waals surface area contributed by atoms with Gasteiger partial charge in [0.1, 0.15) is 23.6 Å². The average Bonchev–Trinajstić information content (AvgIpc) is 3.94. The van der Waals surface area contributed by atoms with Crippen LogP contribution in [0.3, 0.4) is 0 Å². The van der Waals surface area contributed by atoms with E-state index in [1.54, 1.807) is 18.3 Å². The Morgan fingerprint density at radius 3 is 1.53 bits per heavy atom. The topological polar surface area (TPSA) is 76.0 Å². The summed E-state index contributed by atoms with van der Waals surface area (Å²) in [6, 6.07) is 61.2. The fraction of sp³-hybridized carbons (Fsp3) is 0.241. The van der Waals surface area contributed by atoms with Gasteiger partial charge < -0.3 is 18.3 Å². The number of ether oxygens (including phenoxy) is 2. The van der Waals surface area contributed by atoms with Gasteiger partial charge in [0.05, 0.1) is 18.1 Å². The van der Waals surface area contributed by atoms with Crippen LogP contribution >= 0.6 is 0 Å². The van der Waals surface area contributed by atoms with E-state index in [0.29, 0.717) is 30.2 Å². The number of aromatic nitrogens is 1. The van der Waals surface area contributed by atoms with E-state index >= 15 is 8.42 Å². The third kappa shape index (κ3) is 8.58. The van der Waals surface area contributed by atoms with E-state index in [2.05, 4.69) is 151 Å². The van der Waals surface area contributed by atoms with Crippen molar-refractivity contribution in [2.45, 2.75) is 82.6 Å². The summed E-state index contributed by atoms with van der Waals surface area (Å²) in [7, 11) is -10.3. The Bertz CT molecular complexity index is 3020. The normalized spacial score (nSPS) is 14.4. The van der Waals surface area contributed by atoms with Crippen molar-refractivity contribution in [1.29, 1.82) is 0 Å². The summed E-state index contributed by atoms with van der Waals surface area (Å²) < 4.78 is 60.8. The molecule has 1 unspecified atom stereocenters. The molecule has 7 aromatic carbocycles. The molecule has 1 atom stereocenters. The highest BCUT2D eigenvalue weighted by molar-refractivity contribution is 7.90. The maximum atomic E-state index is 15.3. The molecule has 10 heteroatoms. The van der Waals surface area contributed by atoms with E-state index in [0.717, 1.165) is 38.0 Å². The molecule has 9 rings (SSSR count). The number of hydrogen-bond acceptors (Lipinski definition) is 6. The summed E-state index contributed by atoms with van der Waals surface area (Å²) in [6.45, 7) is 16.6. The summed E-state index contributed by atoms with van der Waals surface area (Å²) in [4.78, 5) is 0.178. The minimum atomic E-state index is -4.19. The van der Waals surface area contributed by atoms with Gasteiger partial charge >= 0.3 is 0 Å². The van der Waals surface area contributed by atoms with Crippen LogP contribution in [0, 0.1) is 6.92 Å². The Hall–Kier alpha value is -6.02. The summed E-state index contributed by atoms with van der Waals surface area (Å²) in [6.07, 6.45) is 1.77. The Kier molecular flexibility index (Phi) is 13.0. The molecule has 8 aromatic rings. The lowest BCUT2D eigenvalue weighted by atomic mass is 9.96. The van der Waals surface area contributed by atoms with Crippen LogP contribution in [0.25, 0.3) is 10.9 Å². The SMILES string of the molecule is Cc1ccc(S(=O)(=O)n2cc(CO[Si](c3ccccc3)(c3ccccc3)C(C)(C)C)c3c4c(cc(OCc5ccccc5)c32)OCC4CO[Si](c2ccccc2)(c2ccccc2)C(C)(C)C)cc1. The van der Waals surface area contributed by atoms with E-state index in [1.165, 1.54) is 14.3 Å². The van der Waals surface area contributed by atoms with Crippen molar-refractivity contribution in [3.05, 3.63) is 210 Å². The maximum Gasteiger partial charge on any atom is 0.268 e. The Balaban J connectivity index is 1.27. The second kappa shape index (κ2) is 18.8. The van der Waals surface area contributed by atoms with E-state index < -0.39 is 26.7 Å². The van der Waals surface area contributed by atoms with Crippen LogP contribution < -0.4 is 30.2 Å². The lowest BCUT2D eigenvalue weighted by molar-refractivity contribution is 0.237. The second-order valence-electron chi connectivity index (χ2n) is 20.0. The largest absolute Gasteiger partial charge is 0.492 e. The number of aryl methyl sites for hydroxylation is 1. The van der Waals surface area contributed by atoms with Crippen molar-refractivity contribution < 1.29 is 26.7 Å². The highest BCUT2D eigenvalue weighted by Gasteiger charge is 2.52. The van der Waals surface area contributed by atoms with Gasteiger partial charge in [0.2, 0.25) is 0 Å². The first-order valence-corrected chi connectivity index (χ1v) is 28.7. The molecule has 1 aliphatic rings. The van der Waals surface area contributed by atoms with Gasteiger partial charge in [-0.15, -0.1) is 0 Å². The first-order valence-electron chi connectivity index (χ1n) is 23.5. The molecule has 0 saturated carbocycles. The molecule has 0 amide bonds. The van der Waals surface area contributed by atoms with Crippen molar-refractivity contribution in [2.24, 2.45) is 0 Å². The van der Waals surface area contributed by atoms with Crippen molar-refractivity contribution in [1.82, 2.24) is 3.97 Å². The summed E-state index contributed by atoms with van der Waals surface area (Å²) >= 11 is 0. The molecular formula is C58H61NO6SSi2. The average molecular weight is 956 g/mol. The fourth-order valence-electron chi connectivity index (χ4n) is 10.3. The van der Waals surface area contributed by atoms with Crippen molar-refractivity contribution in [3.63, 3.8) is 0 Å². The molecular weight excluding hydrogens is 895 g/mol. The molecule has 0 bridgehead atoms. The van der Waals surface area contributed by atoms with Crippen molar-refractivity contribution in [2.75, 3.05) is 13.2 Å². The molecule has 7 nitrogen and oxygen atoms in total. The van der Waals surface area contributed by atoms with Gasteiger partial charge in [0.15, 0.2) is 0 Å². The van der Waals surface area contributed by atoms with E-state index in [1.807, 2.05) is 67.6 Å². The van der Waals surface area contributed by atoms with Crippen LogP contribution in [-0.2, 0) is 32.1 Å². The predicted molar refractivity (Wildman–Crippen MR) is 281 cm³/mol. The zero-order valence-corrected chi connectivity index (χ0v) is 42.9. The standard InChI is InChI=1S/C58H61NO6SSi2/c1-43-33-35-47(36-34-43)66(60,61)59-38-45(41-64-67(57(2,3)4,48-25-15-9-16-26-48)49-27-17-10-18-28-49)55-54-46(40-63-52(54)37-53(56(55)59)62-39-44-23-13-8-14-24-44)42-65-68(58(5,6)7,50-29-19-11-20-30-50)51-31-21-12-22-32-51/h8-38,46H,39-42H2,1-7H3. The van der Waals surface area contributed by atoms with E-state index in [4.69, 9.17) is 18.3 Å². The van der Waals surface area contributed by atoms with E-state index in [9.17, 15) is 0 Å². The smallest absolute Gasteiger partial charge is 0.268 e. The fourth-order valence-corrected chi connectivity index (χ4v) is 20.8. The van der Waals surface area contributed by atoms with Gasteiger partial charge in [-0.05, 0) is 55.4 Å². The molecule has 0 spiro atoms. The molecule has 0 fully saturated rings. The van der Waals surface area contributed by atoms with Crippen LogP contribution in [0.1, 0.15) is 69.7 Å². The minimum absolute atomic E-state index is 0.122. The molecule has 68 heavy (non-hydrogen) atoms. The lowest BCUT2D eigenvalue weighted by Crippen LogP contribution is -2.66. The third-order valence-corrected chi connectivity index (χ3v) is 25.2. The lowest BCUT2D eigenvalue weighted by Gasteiger charge is -2.43. The quantitative estimate of drug-likeness (QED) is 0.0953. The number of benzene rings is 7. The van der Waals surface area contributed by atoms with Gasteiger partial charge in [-0.2, -0.15) is 0 Å². The zero-order chi connectivity index (χ0) is 47.7. The van der Waals surface area contributed by atoms with Crippen molar-refractivity contribution in [3.8, 4) is 11.5 Å². The zero-order valence-electron chi connectivity index (χ0n) is 40.1. The van der Waals surface area contributed by atoms with Crippen molar-refractivity contribution >= 4 is 58.3 Å². The molecule has 0 N–H and O–H groups in total. The number of rotatable bonds is 15. The van der Waals surface area contributed by atoms with Crippen LogP contribution in [0.4, 0.5) is 0 Å². The van der Waals surface area contributed by atoms with Gasteiger partial charge in [0.25, 0.3) is 26.7 Å². The van der Waals surface area contributed by atoms with Gasteiger partial charge in [-0.1, -0.05) is 211 Å². The third-order valence-electron chi connectivity index (χ3n) is 13.5. The number of nitrogens with zero attached hydrogens (tertiary/aromatic N) is 1. The summed E-state index contributed by atoms with van der Waals surface area (Å²) in [5, 5.41) is 4.78. The molecule has 0 aliphatic carbocycles. The Labute approximate surface area is 404 Å². The highest BCUT2D eigenvalue weighted by atomic mass is 32.2. The van der Waals surface area contributed by atoms with Crippen LogP contribution in [-0.4, -0.2) is 42.2 Å². The second-order valence-corrected chi connectivity index (χ2v) is 30.4. The van der Waals surface area contributed by atoms with Gasteiger partial charge in [-0.3, -0.25) is 0 Å².